The van der Waals surface area contributed by atoms with E-state index in [0.29, 0.717) is 0 Å². The predicted molar refractivity (Wildman–Crippen MR) is 122 cm³/mol. The number of aryl methyl sites for hydroxylation is 2. The number of hydrogen-bond acceptors (Lipinski definition) is 3. The van der Waals surface area contributed by atoms with E-state index in [1.54, 1.807) is 0 Å². The van der Waals surface area contributed by atoms with Crippen LogP contribution in [0.3, 0.4) is 0 Å². The molecule has 2 unspecified atom stereocenters. The van der Waals surface area contributed by atoms with E-state index in [-0.39, 0.29) is 5.92 Å². The van der Waals surface area contributed by atoms with Gasteiger partial charge in [-0.25, -0.2) is 9.97 Å². The van der Waals surface area contributed by atoms with Gasteiger partial charge in [0.15, 0.2) is 5.82 Å². The van der Waals surface area contributed by atoms with Crippen molar-refractivity contribution in [3.05, 3.63) is 47.8 Å². The van der Waals surface area contributed by atoms with Crippen LogP contribution in [0.5, 0.6) is 0 Å². The number of benzene rings is 1. The number of nitrogens with zero attached hydrogens (tertiary/aromatic N) is 2. The summed E-state index contributed by atoms with van der Waals surface area (Å²) in [6, 6.07) is 8.26. The molecule has 0 aliphatic carbocycles. The van der Waals surface area contributed by atoms with E-state index < -0.39 is 10.8 Å². The molecule has 2 aromatic rings. The van der Waals surface area contributed by atoms with Gasteiger partial charge in [0.1, 0.15) is 4.83 Å². The first-order chi connectivity index (χ1) is 14.0. The number of hydrogen-bond donors (Lipinski definition) is 1. The Morgan fingerprint density at radius 3 is 2.21 bits per heavy atom. The van der Waals surface area contributed by atoms with Crippen molar-refractivity contribution >= 4 is 21.9 Å². The summed E-state index contributed by atoms with van der Waals surface area (Å²) in [6.45, 7) is 4.20. The Hall–Kier alpha value is -1.75. The zero-order valence-electron chi connectivity index (χ0n) is 17.6. The van der Waals surface area contributed by atoms with Gasteiger partial charge in [0.05, 0.1) is 0 Å². The van der Waals surface area contributed by atoms with Crippen molar-refractivity contribution in [1.82, 2.24) is 9.97 Å². The van der Waals surface area contributed by atoms with Crippen molar-refractivity contribution in [1.29, 1.82) is 0 Å². The number of aromatic nitrogens is 2. The molecule has 29 heavy (non-hydrogen) atoms. The molecule has 1 aromatic carbocycles. The Morgan fingerprint density at radius 2 is 1.59 bits per heavy atom. The molecule has 0 saturated carbocycles. The van der Waals surface area contributed by atoms with Crippen molar-refractivity contribution in [3.63, 3.8) is 0 Å². The fraction of sp³-hybridized carbons (Fsp3) is 0.542. The summed E-state index contributed by atoms with van der Waals surface area (Å²) in [4.78, 5) is 19.6. The normalized spacial score (nSPS) is 13.2. The van der Waals surface area contributed by atoms with Crippen molar-refractivity contribution in [2.45, 2.75) is 76.5 Å². The molecule has 2 atom stereocenters. The number of halogens is 1. The van der Waals surface area contributed by atoms with Crippen LogP contribution in [0, 0.1) is 5.92 Å². The van der Waals surface area contributed by atoms with Crippen molar-refractivity contribution in [2.75, 3.05) is 0 Å². The first kappa shape index (κ1) is 23.5. The maximum Gasteiger partial charge on any atom is 0.317 e. The molecule has 0 saturated heterocycles. The van der Waals surface area contributed by atoms with E-state index in [9.17, 15) is 4.79 Å². The van der Waals surface area contributed by atoms with Gasteiger partial charge in [0.25, 0.3) is 0 Å². The van der Waals surface area contributed by atoms with E-state index >= 15 is 0 Å². The van der Waals surface area contributed by atoms with E-state index in [1.807, 2.05) is 31.5 Å². The summed E-state index contributed by atoms with van der Waals surface area (Å²) in [5, 5.41) is 9.06. The topological polar surface area (TPSA) is 63.1 Å². The Labute approximate surface area is 183 Å². The number of carboxylic acid groups (broad SMARTS) is 1. The molecule has 0 aliphatic heterocycles. The molecular weight excluding hydrogens is 428 g/mol. The minimum Gasteiger partial charge on any atom is -0.480 e. The first-order valence-electron chi connectivity index (χ1n) is 10.8. The third kappa shape index (κ3) is 8.25. The third-order valence-corrected chi connectivity index (χ3v) is 6.65. The zero-order valence-corrected chi connectivity index (χ0v) is 19.2. The summed E-state index contributed by atoms with van der Waals surface area (Å²) in [5.41, 5.74) is 3.42. The monoisotopic (exact) mass is 460 g/mol. The number of rotatable bonds is 13. The molecule has 0 radical (unpaired) electrons. The van der Waals surface area contributed by atoms with Gasteiger partial charge >= 0.3 is 5.97 Å². The average Bonchev–Trinajstić information content (AvgIpc) is 2.74. The van der Waals surface area contributed by atoms with Gasteiger partial charge in [-0.15, -0.1) is 0 Å². The van der Waals surface area contributed by atoms with Crippen LogP contribution in [-0.4, -0.2) is 25.9 Å². The largest absolute Gasteiger partial charge is 0.480 e. The van der Waals surface area contributed by atoms with Crippen LogP contribution < -0.4 is 0 Å². The number of carboxylic acids is 1. The molecule has 1 N–H and O–H groups in total. The van der Waals surface area contributed by atoms with E-state index in [2.05, 4.69) is 45.0 Å². The zero-order chi connectivity index (χ0) is 21.1. The van der Waals surface area contributed by atoms with Crippen LogP contribution in [0.1, 0.15) is 69.9 Å². The summed E-state index contributed by atoms with van der Waals surface area (Å²) in [5.74, 6) is 0.0302. The molecule has 4 nitrogen and oxygen atoms in total. The van der Waals surface area contributed by atoms with Crippen LogP contribution in [0.2, 0.25) is 0 Å². The smallest absolute Gasteiger partial charge is 0.317 e. The van der Waals surface area contributed by atoms with E-state index in [4.69, 9.17) is 5.11 Å². The maximum absolute atomic E-state index is 11.0. The number of alkyl halides is 1. The van der Waals surface area contributed by atoms with Crippen LogP contribution in [0.4, 0.5) is 0 Å². The van der Waals surface area contributed by atoms with Gasteiger partial charge in [0.2, 0.25) is 0 Å². The van der Waals surface area contributed by atoms with Crippen LogP contribution in [0.15, 0.2) is 36.7 Å². The Bertz CT molecular complexity index is 732. The van der Waals surface area contributed by atoms with Crippen LogP contribution in [-0.2, 0) is 17.6 Å². The standard InChI is InChI=1S/C24H33BrN2O2/c1-3-4-5-6-7-8-9-20-16-26-23(27-17-20)21-14-12-19(13-15-21)11-10-18(2)22(25)24(28)29/h12-18,22H,3-11H2,1-2H3,(H,28,29). The molecule has 2 rings (SSSR count). The summed E-state index contributed by atoms with van der Waals surface area (Å²) >= 11 is 3.24. The van der Waals surface area contributed by atoms with Gasteiger partial charge in [-0.1, -0.05) is 86.1 Å². The first-order valence-corrected chi connectivity index (χ1v) is 11.7. The summed E-state index contributed by atoms with van der Waals surface area (Å²) in [6.07, 6.45) is 14.4. The van der Waals surface area contributed by atoms with Crippen molar-refractivity contribution < 1.29 is 9.90 Å². The molecule has 0 spiro atoms. The Kier molecular flexibility index (Phi) is 10.3. The van der Waals surface area contributed by atoms with Gasteiger partial charge in [0, 0.05) is 18.0 Å². The van der Waals surface area contributed by atoms with Crippen LogP contribution in [0.25, 0.3) is 11.4 Å². The average molecular weight is 461 g/mol. The lowest BCUT2D eigenvalue weighted by Crippen LogP contribution is -2.21. The molecule has 0 bridgehead atoms. The highest BCUT2D eigenvalue weighted by Crippen LogP contribution is 2.21. The Morgan fingerprint density at radius 1 is 0.966 bits per heavy atom. The highest BCUT2D eigenvalue weighted by atomic mass is 79.9. The Balaban J connectivity index is 1.81. The summed E-state index contributed by atoms with van der Waals surface area (Å²) in [7, 11) is 0. The minimum atomic E-state index is -0.801. The predicted octanol–water partition coefficient (Wildman–Crippen LogP) is 6.46. The second-order valence-corrected chi connectivity index (χ2v) is 8.87. The fourth-order valence-corrected chi connectivity index (χ4v) is 3.61. The number of carbonyl (C=O) groups is 1. The quantitative estimate of drug-likeness (QED) is 0.275. The van der Waals surface area contributed by atoms with E-state index in [0.717, 1.165) is 30.7 Å². The molecule has 1 heterocycles. The SMILES string of the molecule is CCCCCCCCc1cnc(-c2ccc(CCC(C)C(Br)C(=O)O)cc2)nc1. The third-order valence-electron chi connectivity index (χ3n) is 5.36. The fourth-order valence-electron chi connectivity index (χ4n) is 3.35. The van der Waals surface area contributed by atoms with Gasteiger partial charge in [-0.05, 0) is 42.7 Å². The van der Waals surface area contributed by atoms with Crippen molar-refractivity contribution in [3.8, 4) is 11.4 Å². The summed E-state index contributed by atoms with van der Waals surface area (Å²) < 4.78 is 0. The van der Waals surface area contributed by atoms with E-state index in [1.165, 1.54) is 49.7 Å². The molecule has 5 heteroatoms. The lowest BCUT2D eigenvalue weighted by molar-refractivity contribution is -0.137. The molecule has 0 aliphatic rings. The van der Waals surface area contributed by atoms with Gasteiger partial charge in [-0.3, -0.25) is 4.79 Å². The molecule has 1 aromatic heterocycles. The second kappa shape index (κ2) is 12.7. The van der Waals surface area contributed by atoms with Gasteiger partial charge < -0.3 is 5.11 Å². The lowest BCUT2D eigenvalue weighted by Gasteiger charge is -2.14. The minimum absolute atomic E-state index is 0.0784. The molecule has 0 fully saturated rings. The highest BCUT2D eigenvalue weighted by Gasteiger charge is 2.20. The molecule has 158 valence electrons. The number of unbranched alkanes of at least 4 members (excludes halogenated alkanes) is 5. The highest BCUT2D eigenvalue weighted by molar-refractivity contribution is 9.10. The van der Waals surface area contributed by atoms with Gasteiger partial charge in [-0.2, -0.15) is 0 Å². The second-order valence-electron chi connectivity index (χ2n) is 7.89. The molecular formula is C24H33BrN2O2. The lowest BCUT2D eigenvalue weighted by atomic mass is 9.97. The van der Waals surface area contributed by atoms with Crippen LogP contribution >= 0.6 is 15.9 Å². The maximum atomic E-state index is 11.0. The van der Waals surface area contributed by atoms with Crippen molar-refractivity contribution in [2.24, 2.45) is 5.92 Å². The molecule has 0 amide bonds. The number of aliphatic carboxylic acids is 1.